The van der Waals surface area contributed by atoms with Gasteiger partial charge in [0.1, 0.15) is 5.69 Å². The number of rotatable bonds is 5. The van der Waals surface area contributed by atoms with Crippen LogP contribution >= 0.6 is 11.6 Å². The summed E-state index contributed by atoms with van der Waals surface area (Å²) >= 11 is 5.15. The maximum absolute atomic E-state index is 11.5. The van der Waals surface area contributed by atoms with E-state index in [0.29, 0.717) is 18.7 Å². The van der Waals surface area contributed by atoms with E-state index in [0.717, 1.165) is 0 Å². The van der Waals surface area contributed by atoms with E-state index in [4.69, 9.17) is 11.6 Å². The summed E-state index contributed by atoms with van der Waals surface area (Å²) in [5.74, 6) is -0.197. The van der Waals surface area contributed by atoms with Crippen LogP contribution in [0.1, 0.15) is 23.3 Å². The van der Waals surface area contributed by atoms with Crippen LogP contribution in [0.2, 0.25) is 0 Å². The molecule has 15 heavy (non-hydrogen) atoms. The van der Waals surface area contributed by atoms with Crippen LogP contribution in [-0.4, -0.2) is 27.5 Å². The smallest absolute Gasteiger partial charge is 0.269 e. The monoisotopic (exact) mass is 229 g/mol. The van der Waals surface area contributed by atoms with Crippen LogP contribution in [0.3, 0.4) is 0 Å². The first kappa shape index (κ1) is 11.7. The van der Waals surface area contributed by atoms with Gasteiger partial charge < -0.3 is 5.32 Å². The Hall–Kier alpha value is -1.36. The van der Waals surface area contributed by atoms with Gasteiger partial charge in [-0.3, -0.25) is 14.3 Å². The number of hydrogen-bond donors (Lipinski definition) is 1. The van der Waals surface area contributed by atoms with Crippen molar-refractivity contribution in [3.8, 4) is 0 Å². The van der Waals surface area contributed by atoms with Crippen LogP contribution in [0, 0.1) is 0 Å². The Morgan fingerprint density at radius 3 is 2.87 bits per heavy atom. The predicted octanol–water partition coefficient (Wildman–Crippen LogP) is 0.695. The van der Waals surface area contributed by atoms with Gasteiger partial charge in [-0.15, -0.1) is 0 Å². The van der Waals surface area contributed by atoms with Gasteiger partial charge in [0, 0.05) is 26.2 Å². The lowest BCUT2D eigenvalue weighted by molar-refractivity contribution is -0.111. The number of halogens is 1. The molecule has 82 valence electrons. The number of nitrogens with zero attached hydrogens (tertiary/aromatic N) is 2. The fraction of sp³-hybridized carbons (Fsp3) is 0.444. The number of carbonyl (C=O) groups excluding carboxylic acids is 2. The summed E-state index contributed by atoms with van der Waals surface area (Å²) in [5.41, 5.74) is 0.493. The fourth-order valence-electron chi connectivity index (χ4n) is 1.12. The molecule has 0 aliphatic carbocycles. The average Bonchev–Trinajstić information content (AvgIpc) is 2.58. The molecule has 0 saturated carbocycles. The van der Waals surface area contributed by atoms with Crippen molar-refractivity contribution in [2.24, 2.45) is 7.05 Å². The van der Waals surface area contributed by atoms with Crippen molar-refractivity contribution < 1.29 is 9.59 Å². The van der Waals surface area contributed by atoms with Crippen LogP contribution in [0.15, 0.2) is 12.3 Å². The Morgan fingerprint density at radius 2 is 2.33 bits per heavy atom. The minimum atomic E-state index is -0.384. The van der Waals surface area contributed by atoms with E-state index in [1.165, 1.54) is 4.68 Å². The molecule has 5 nitrogen and oxygen atoms in total. The van der Waals surface area contributed by atoms with E-state index in [9.17, 15) is 9.59 Å². The maximum atomic E-state index is 11.5. The van der Waals surface area contributed by atoms with Crippen LogP contribution in [-0.2, 0) is 11.8 Å². The van der Waals surface area contributed by atoms with E-state index in [-0.39, 0.29) is 17.6 Å². The van der Waals surface area contributed by atoms with Gasteiger partial charge in [-0.25, -0.2) is 0 Å². The quantitative estimate of drug-likeness (QED) is 0.597. The molecule has 1 rings (SSSR count). The van der Waals surface area contributed by atoms with Gasteiger partial charge in [0.2, 0.25) is 5.24 Å². The van der Waals surface area contributed by atoms with E-state index in [1.807, 2.05) is 0 Å². The second-order valence-electron chi connectivity index (χ2n) is 3.05. The lowest BCUT2D eigenvalue weighted by Crippen LogP contribution is -2.26. The lowest BCUT2D eigenvalue weighted by Gasteiger charge is -2.03. The Balaban J connectivity index is 2.31. The minimum absolute atomic E-state index is 0.197. The number of hydrogen-bond acceptors (Lipinski definition) is 3. The van der Waals surface area contributed by atoms with Crippen LogP contribution in [0.25, 0.3) is 0 Å². The van der Waals surface area contributed by atoms with Gasteiger partial charge in [0.05, 0.1) is 0 Å². The summed E-state index contributed by atoms with van der Waals surface area (Å²) in [4.78, 5) is 21.9. The van der Waals surface area contributed by atoms with E-state index in [2.05, 4.69) is 10.4 Å². The van der Waals surface area contributed by atoms with Gasteiger partial charge in [-0.05, 0) is 24.1 Å². The highest BCUT2D eigenvalue weighted by molar-refractivity contribution is 6.63. The summed E-state index contributed by atoms with van der Waals surface area (Å²) in [6, 6.07) is 1.63. The van der Waals surface area contributed by atoms with Crippen molar-refractivity contribution in [2.75, 3.05) is 6.54 Å². The van der Waals surface area contributed by atoms with Gasteiger partial charge in [-0.2, -0.15) is 5.10 Å². The average molecular weight is 230 g/mol. The Bertz CT molecular complexity index is 362. The predicted molar refractivity (Wildman–Crippen MR) is 55.6 cm³/mol. The van der Waals surface area contributed by atoms with Crippen molar-refractivity contribution in [2.45, 2.75) is 12.8 Å². The standard InChI is InChI=1S/C9H12ClN3O2/c1-13-7(4-6-12-13)9(15)11-5-2-3-8(10)14/h4,6H,2-3,5H2,1H3,(H,11,15). The highest BCUT2D eigenvalue weighted by atomic mass is 35.5. The zero-order valence-corrected chi connectivity index (χ0v) is 9.12. The van der Waals surface area contributed by atoms with E-state index in [1.54, 1.807) is 19.3 Å². The zero-order chi connectivity index (χ0) is 11.3. The molecule has 0 aromatic carbocycles. The van der Waals surface area contributed by atoms with Crippen molar-refractivity contribution in [1.29, 1.82) is 0 Å². The van der Waals surface area contributed by atoms with Crippen molar-refractivity contribution in [1.82, 2.24) is 15.1 Å². The molecule has 0 spiro atoms. The number of aromatic nitrogens is 2. The highest BCUT2D eigenvalue weighted by Crippen LogP contribution is 1.97. The number of carbonyl (C=O) groups is 2. The topological polar surface area (TPSA) is 64.0 Å². The van der Waals surface area contributed by atoms with Crippen molar-refractivity contribution in [3.05, 3.63) is 18.0 Å². The summed E-state index contributed by atoms with van der Waals surface area (Å²) in [7, 11) is 1.69. The second kappa shape index (κ2) is 5.50. The minimum Gasteiger partial charge on any atom is -0.351 e. The lowest BCUT2D eigenvalue weighted by atomic mass is 10.3. The molecule has 1 heterocycles. The largest absolute Gasteiger partial charge is 0.351 e. The third kappa shape index (κ3) is 3.71. The van der Waals surface area contributed by atoms with E-state index >= 15 is 0 Å². The number of nitrogens with one attached hydrogen (secondary N) is 1. The fourth-order valence-corrected chi connectivity index (χ4v) is 1.25. The molecule has 0 aliphatic heterocycles. The first-order valence-electron chi connectivity index (χ1n) is 4.56. The molecule has 0 saturated heterocycles. The van der Waals surface area contributed by atoms with Crippen LogP contribution in [0.4, 0.5) is 0 Å². The maximum Gasteiger partial charge on any atom is 0.269 e. The van der Waals surface area contributed by atoms with Gasteiger partial charge in [0.25, 0.3) is 5.91 Å². The summed E-state index contributed by atoms with van der Waals surface area (Å²) < 4.78 is 1.49. The second-order valence-corrected chi connectivity index (χ2v) is 3.48. The van der Waals surface area contributed by atoms with Crippen molar-refractivity contribution >= 4 is 22.8 Å². The Labute approximate surface area is 92.4 Å². The third-order valence-corrected chi connectivity index (χ3v) is 2.08. The molecular weight excluding hydrogens is 218 g/mol. The summed E-state index contributed by atoms with van der Waals surface area (Å²) in [6.07, 6.45) is 2.37. The number of aryl methyl sites for hydroxylation is 1. The molecule has 0 radical (unpaired) electrons. The third-order valence-electron chi connectivity index (χ3n) is 1.89. The first-order chi connectivity index (χ1) is 7.11. The summed E-state index contributed by atoms with van der Waals surface area (Å²) in [6.45, 7) is 0.433. The molecule has 0 atom stereocenters. The van der Waals surface area contributed by atoms with Gasteiger partial charge in [-0.1, -0.05) is 0 Å². The van der Waals surface area contributed by atoms with Gasteiger partial charge in [0.15, 0.2) is 0 Å². The highest BCUT2D eigenvalue weighted by Gasteiger charge is 2.08. The molecule has 1 N–H and O–H groups in total. The molecule has 0 aliphatic rings. The first-order valence-corrected chi connectivity index (χ1v) is 4.93. The summed E-state index contributed by atoms with van der Waals surface area (Å²) in [5, 5.41) is 6.16. The molecule has 1 aromatic heterocycles. The van der Waals surface area contributed by atoms with E-state index < -0.39 is 0 Å². The molecule has 0 bridgehead atoms. The molecule has 6 heteroatoms. The molecular formula is C9H12ClN3O2. The number of amides is 1. The molecule has 0 unspecified atom stereocenters. The molecule has 1 amide bonds. The van der Waals surface area contributed by atoms with Gasteiger partial charge >= 0.3 is 0 Å². The molecule has 1 aromatic rings. The molecule has 0 fully saturated rings. The SMILES string of the molecule is Cn1nccc1C(=O)NCCCC(=O)Cl. The Morgan fingerprint density at radius 1 is 1.60 bits per heavy atom. The van der Waals surface area contributed by atoms with Crippen molar-refractivity contribution in [3.63, 3.8) is 0 Å². The van der Waals surface area contributed by atoms with Crippen LogP contribution in [0.5, 0.6) is 0 Å². The van der Waals surface area contributed by atoms with Crippen LogP contribution < -0.4 is 5.32 Å². The zero-order valence-electron chi connectivity index (χ0n) is 8.36. The normalized spacial score (nSPS) is 10.0. The Kier molecular flexibility index (Phi) is 4.30.